The summed E-state index contributed by atoms with van der Waals surface area (Å²) in [5.41, 5.74) is 0. The molecular weight excluding hydrogens is 222 g/mol. The SMILES string of the molecule is CC1CCCC(C)N1C(=O)CO[C@H](C)C(=O)O. The molecular formula is C12H21NO4. The van der Waals surface area contributed by atoms with Gasteiger partial charge in [-0.2, -0.15) is 0 Å². The average molecular weight is 243 g/mol. The van der Waals surface area contributed by atoms with Gasteiger partial charge in [-0.25, -0.2) is 4.79 Å². The molecule has 1 amide bonds. The highest BCUT2D eigenvalue weighted by molar-refractivity contribution is 5.79. The summed E-state index contributed by atoms with van der Waals surface area (Å²) >= 11 is 0. The molecule has 3 atom stereocenters. The van der Waals surface area contributed by atoms with Gasteiger partial charge in [0.15, 0.2) is 6.10 Å². The standard InChI is InChI=1S/C12H21NO4/c1-8-5-4-6-9(2)13(8)11(14)7-17-10(3)12(15)16/h8-10H,4-7H2,1-3H3,(H,15,16)/t8?,9?,10-/m1/s1. The summed E-state index contributed by atoms with van der Waals surface area (Å²) in [7, 11) is 0. The molecule has 1 aliphatic rings. The number of hydrogen-bond acceptors (Lipinski definition) is 3. The number of carboxylic acid groups (broad SMARTS) is 1. The molecule has 1 saturated heterocycles. The van der Waals surface area contributed by atoms with Gasteiger partial charge in [-0.3, -0.25) is 4.79 Å². The van der Waals surface area contributed by atoms with Crippen LogP contribution in [0, 0.1) is 0 Å². The molecule has 0 aromatic heterocycles. The van der Waals surface area contributed by atoms with Crippen molar-refractivity contribution in [3.63, 3.8) is 0 Å². The molecule has 1 heterocycles. The fraction of sp³-hybridized carbons (Fsp3) is 0.833. The zero-order valence-electron chi connectivity index (χ0n) is 10.7. The van der Waals surface area contributed by atoms with Gasteiger partial charge in [0.25, 0.3) is 0 Å². The van der Waals surface area contributed by atoms with Crippen molar-refractivity contribution in [1.82, 2.24) is 4.90 Å². The van der Waals surface area contributed by atoms with Crippen LogP contribution in [0.25, 0.3) is 0 Å². The fourth-order valence-electron chi connectivity index (χ4n) is 2.26. The van der Waals surface area contributed by atoms with Gasteiger partial charge < -0.3 is 14.7 Å². The Hall–Kier alpha value is -1.10. The summed E-state index contributed by atoms with van der Waals surface area (Å²) in [6.45, 7) is 5.32. The van der Waals surface area contributed by atoms with E-state index in [0.29, 0.717) is 0 Å². The van der Waals surface area contributed by atoms with Crippen molar-refractivity contribution in [3.05, 3.63) is 0 Å². The molecule has 1 rings (SSSR count). The molecule has 0 saturated carbocycles. The van der Waals surface area contributed by atoms with Gasteiger partial charge in [-0.15, -0.1) is 0 Å². The Morgan fingerprint density at radius 3 is 2.35 bits per heavy atom. The van der Waals surface area contributed by atoms with Crippen LogP contribution in [0.5, 0.6) is 0 Å². The van der Waals surface area contributed by atoms with Crippen molar-refractivity contribution in [2.24, 2.45) is 0 Å². The monoisotopic (exact) mass is 243 g/mol. The van der Waals surface area contributed by atoms with E-state index in [1.807, 2.05) is 18.7 Å². The summed E-state index contributed by atoms with van der Waals surface area (Å²) < 4.78 is 5.02. The lowest BCUT2D eigenvalue weighted by Gasteiger charge is -2.39. The number of ether oxygens (including phenoxy) is 1. The minimum atomic E-state index is -1.04. The van der Waals surface area contributed by atoms with E-state index < -0.39 is 12.1 Å². The number of nitrogens with zero attached hydrogens (tertiary/aromatic N) is 1. The summed E-state index contributed by atoms with van der Waals surface area (Å²) in [6.07, 6.45) is 2.21. The van der Waals surface area contributed by atoms with Crippen molar-refractivity contribution >= 4 is 11.9 Å². The molecule has 17 heavy (non-hydrogen) atoms. The largest absolute Gasteiger partial charge is 0.479 e. The number of carboxylic acids is 1. The number of hydrogen-bond donors (Lipinski definition) is 1. The Kier molecular flexibility index (Phi) is 4.93. The van der Waals surface area contributed by atoms with Gasteiger partial charge in [0.1, 0.15) is 6.61 Å². The average Bonchev–Trinajstić information content (AvgIpc) is 2.25. The van der Waals surface area contributed by atoms with Crippen molar-refractivity contribution in [1.29, 1.82) is 0 Å². The van der Waals surface area contributed by atoms with Gasteiger partial charge in [0.05, 0.1) is 0 Å². The maximum absolute atomic E-state index is 12.0. The number of aliphatic carboxylic acids is 1. The van der Waals surface area contributed by atoms with Crippen molar-refractivity contribution in [2.45, 2.75) is 58.2 Å². The van der Waals surface area contributed by atoms with Crippen molar-refractivity contribution in [3.8, 4) is 0 Å². The van der Waals surface area contributed by atoms with Crippen LogP contribution in [0.4, 0.5) is 0 Å². The van der Waals surface area contributed by atoms with Gasteiger partial charge in [0, 0.05) is 12.1 Å². The third-order valence-corrected chi connectivity index (χ3v) is 3.29. The van der Waals surface area contributed by atoms with Gasteiger partial charge in [-0.05, 0) is 40.0 Å². The first-order valence-electron chi connectivity index (χ1n) is 6.09. The van der Waals surface area contributed by atoms with Crippen LogP contribution < -0.4 is 0 Å². The number of piperidine rings is 1. The van der Waals surface area contributed by atoms with Gasteiger partial charge in [-0.1, -0.05) is 0 Å². The number of carbonyl (C=O) groups excluding carboxylic acids is 1. The van der Waals surface area contributed by atoms with E-state index in [1.54, 1.807) is 0 Å². The first-order chi connectivity index (χ1) is 7.93. The Morgan fingerprint density at radius 1 is 1.35 bits per heavy atom. The predicted molar refractivity (Wildman–Crippen MR) is 62.7 cm³/mol. The number of rotatable bonds is 4. The molecule has 1 fully saturated rings. The fourth-order valence-corrected chi connectivity index (χ4v) is 2.26. The summed E-state index contributed by atoms with van der Waals surface area (Å²) in [5, 5.41) is 8.66. The normalized spacial score (nSPS) is 26.6. The molecule has 0 radical (unpaired) electrons. The van der Waals surface area contributed by atoms with E-state index in [1.165, 1.54) is 6.92 Å². The number of carbonyl (C=O) groups is 2. The zero-order valence-corrected chi connectivity index (χ0v) is 10.7. The van der Waals surface area contributed by atoms with Crippen molar-refractivity contribution < 1.29 is 19.4 Å². The molecule has 5 nitrogen and oxygen atoms in total. The number of likely N-dealkylation sites (tertiary alicyclic amines) is 1. The van der Waals surface area contributed by atoms with E-state index in [9.17, 15) is 9.59 Å². The molecule has 5 heteroatoms. The molecule has 0 spiro atoms. The van der Waals surface area contributed by atoms with Crippen LogP contribution >= 0.6 is 0 Å². The Labute approximate surface area is 102 Å². The van der Waals surface area contributed by atoms with Crippen LogP contribution in [0.1, 0.15) is 40.0 Å². The smallest absolute Gasteiger partial charge is 0.332 e. The topological polar surface area (TPSA) is 66.8 Å². The first kappa shape index (κ1) is 14.0. The number of amides is 1. The molecule has 2 unspecified atom stereocenters. The van der Waals surface area contributed by atoms with E-state index in [0.717, 1.165) is 19.3 Å². The first-order valence-corrected chi connectivity index (χ1v) is 6.09. The lowest BCUT2D eigenvalue weighted by molar-refractivity contribution is -0.154. The van der Waals surface area contributed by atoms with Gasteiger partial charge >= 0.3 is 5.97 Å². The molecule has 1 aliphatic heterocycles. The highest BCUT2D eigenvalue weighted by atomic mass is 16.5. The second-order valence-corrected chi connectivity index (χ2v) is 4.72. The third-order valence-electron chi connectivity index (χ3n) is 3.29. The third kappa shape index (κ3) is 3.70. The maximum atomic E-state index is 12.0. The maximum Gasteiger partial charge on any atom is 0.332 e. The summed E-state index contributed by atoms with van der Waals surface area (Å²) in [4.78, 5) is 24.3. The van der Waals surface area contributed by atoms with E-state index in [4.69, 9.17) is 9.84 Å². The van der Waals surface area contributed by atoms with Crippen molar-refractivity contribution in [2.75, 3.05) is 6.61 Å². The predicted octanol–water partition coefficient (Wildman–Crippen LogP) is 1.27. The summed E-state index contributed by atoms with van der Waals surface area (Å²) in [5.74, 6) is -1.16. The molecule has 0 bridgehead atoms. The van der Waals surface area contributed by atoms with Crippen LogP contribution in [0.2, 0.25) is 0 Å². The minimum Gasteiger partial charge on any atom is -0.479 e. The molecule has 1 N–H and O–H groups in total. The lowest BCUT2D eigenvalue weighted by atomic mass is 9.97. The van der Waals surface area contributed by atoms with Crippen LogP contribution in [-0.2, 0) is 14.3 Å². The van der Waals surface area contributed by atoms with Gasteiger partial charge in [0.2, 0.25) is 5.91 Å². The summed E-state index contributed by atoms with van der Waals surface area (Å²) in [6, 6.07) is 0.435. The molecule has 98 valence electrons. The second-order valence-electron chi connectivity index (χ2n) is 4.72. The highest BCUT2D eigenvalue weighted by Gasteiger charge is 2.29. The quantitative estimate of drug-likeness (QED) is 0.807. The molecule has 0 aromatic rings. The van der Waals surface area contributed by atoms with E-state index in [2.05, 4.69) is 0 Å². The zero-order chi connectivity index (χ0) is 13.0. The molecule has 0 aliphatic carbocycles. The van der Waals surface area contributed by atoms with Crippen LogP contribution in [-0.4, -0.2) is 46.7 Å². The Bertz CT molecular complexity index is 282. The van der Waals surface area contributed by atoms with Crippen LogP contribution in [0.15, 0.2) is 0 Å². The molecule has 0 aromatic carbocycles. The lowest BCUT2D eigenvalue weighted by Crippen LogP contribution is -2.49. The second kappa shape index (κ2) is 6.00. The Morgan fingerprint density at radius 2 is 1.88 bits per heavy atom. The van der Waals surface area contributed by atoms with Crippen LogP contribution in [0.3, 0.4) is 0 Å². The Balaban J connectivity index is 2.48. The highest BCUT2D eigenvalue weighted by Crippen LogP contribution is 2.22. The minimum absolute atomic E-state index is 0.113. The van der Waals surface area contributed by atoms with E-state index >= 15 is 0 Å². The van der Waals surface area contributed by atoms with E-state index in [-0.39, 0.29) is 24.6 Å².